The largest absolute Gasteiger partial charge is 0.494 e. The van der Waals surface area contributed by atoms with Crippen LogP contribution in [0.5, 0.6) is 5.75 Å². The highest BCUT2D eigenvalue weighted by Crippen LogP contribution is 2.17. The average Bonchev–Trinajstić information content (AvgIpc) is 2.35. The number of methoxy groups -OCH3 is 1. The van der Waals surface area contributed by atoms with Crippen molar-refractivity contribution in [2.45, 2.75) is 6.42 Å². The van der Waals surface area contributed by atoms with Crippen LogP contribution in [0.15, 0.2) is 18.2 Å². The summed E-state index contributed by atoms with van der Waals surface area (Å²) in [5.74, 6) is -0.344. The van der Waals surface area contributed by atoms with Gasteiger partial charge in [-0.25, -0.2) is 4.39 Å². The lowest BCUT2D eigenvalue weighted by Gasteiger charge is -2.15. The first-order valence-corrected chi connectivity index (χ1v) is 5.74. The molecule has 1 amide bonds. The van der Waals surface area contributed by atoms with Gasteiger partial charge in [-0.2, -0.15) is 0 Å². The molecule has 0 aliphatic heterocycles. The van der Waals surface area contributed by atoms with E-state index in [-0.39, 0.29) is 17.5 Å². The number of hydrogen-bond donors (Lipinski definition) is 0. The number of amides is 1. The van der Waals surface area contributed by atoms with Crippen molar-refractivity contribution in [2.75, 3.05) is 26.6 Å². The Hall–Kier alpha value is -1.29. The molecule has 0 N–H and O–H groups in total. The minimum atomic E-state index is -0.392. The molecular weight excluding hydrogens is 245 g/mol. The second kappa shape index (κ2) is 6.45. The quantitative estimate of drug-likeness (QED) is 0.758. The first-order valence-electron chi connectivity index (χ1n) is 5.20. The molecule has 1 aromatic carbocycles. The maximum Gasteiger partial charge on any atom is 0.237 e. The number of hydrogen-bond acceptors (Lipinski definition) is 2. The summed E-state index contributed by atoms with van der Waals surface area (Å²) in [7, 11) is 3.09. The predicted molar refractivity (Wildman–Crippen MR) is 65.0 cm³/mol. The Bertz CT molecular complexity index is 398. The maximum atomic E-state index is 13.4. The van der Waals surface area contributed by atoms with Crippen LogP contribution in [0.25, 0.3) is 0 Å². The van der Waals surface area contributed by atoms with E-state index in [1.165, 1.54) is 18.1 Å². The summed E-state index contributed by atoms with van der Waals surface area (Å²) in [4.78, 5) is 12.7. The van der Waals surface area contributed by atoms with Crippen molar-refractivity contribution < 1.29 is 13.9 Å². The fraction of sp³-hybridized carbons (Fsp3) is 0.417. The zero-order valence-corrected chi connectivity index (χ0v) is 10.6. The van der Waals surface area contributed by atoms with Crippen molar-refractivity contribution in [3.63, 3.8) is 0 Å². The van der Waals surface area contributed by atoms with E-state index in [4.69, 9.17) is 16.3 Å². The monoisotopic (exact) mass is 259 g/mol. The minimum Gasteiger partial charge on any atom is -0.494 e. The fourth-order valence-electron chi connectivity index (χ4n) is 1.39. The molecule has 1 rings (SSSR count). The molecule has 0 aliphatic carbocycles. The van der Waals surface area contributed by atoms with E-state index in [2.05, 4.69) is 0 Å². The van der Waals surface area contributed by atoms with Gasteiger partial charge < -0.3 is 9.64 Å². The van der Waals surface area contributed by atoms with Crippen molar-refractivity contribution >= 4 is 17.5 Å². The SMILES string of the molecule is COc1ccc(CCN(C)C(=O)CCl)cc1F. The number of likely N-dealkylation sites (N-methyl/N-ethyl adjacent to an activating group) is 1. The minimum absolute atomic E-state index is 0.0343. The van der Waals surface area contributed by atoms with E-state index >= 15 is 0 Å². The molecule has 0 bridgehead atoms. The molecule has 3 nitrogen and oxygen atoms in total. The average molecular weight is 260 g/mol. The van der Waals surface area contributed by atoms with Crippen molar-refractivity contribution in [3.8, 4) is 5.75 Å². The lowest BCUT2D eigenvalue weighted by atomic mass is 10.1. The molecule has 5 heteroatoms. The Balaban J connectivity index is 2.58. The highest BCUT2D eigenvalue weighted by molar-refractivity contribution is 6.27. The van der Waals surface area contributed by atoms with Gasteiger partial charge in [0.15, 0.2) is 11.6 Å². The first kappa shape index (κ1) is 13.8. The Morgan fingerprint density at radius 1 is 1.53 bits per heavy atom. The molecule has 0 spiro atoms. The number of carbonyl (C=O) groups excluding carboxylic acids is 1. The van der Waals surface area contributed by atoms with E-state index in [0.29, 0.717) is 13.0 Å². The van der Waals surface area contributed by atoms with Crippen LogP contribution in [-0.2, 0) is 11.2 Å². The zero-order chi connectivity index (χ0) is 12.8. The van der Waals surface area contributed by atoms with Crippen LogP contribution >= 0.6 is 11.6 Å². The third-order valence-corrected chi connectivity index (χ3v) is 2.72. The molecule has 0 unspecified atom stereocenters. The van der Waals surface area contributed by atoms with Gasteiger partial charge in [-0.3, -0.25) is 4.79 Å². The van der Waals surface area contributed by atoms with Crippen molar-refractivity contribution in [3.05, 3.63) is 29.6 Å². The molecule has 17 heavy (non-hydrogen) atoms. The molecule has 0 heterocycles. The molecule has 0 aliphatic rings. The third-order valence-electron chi connectivity index (χ3n) is 2.49. The van der Waals surface area contributed by atoms with E-state index in [0.717, 1.165) is 5.56 Å². The fourth-order valence-corrected chi connectivity index (χ4v) is 1.59. The summed E-state index contributed by atoms with van der Waals surface area (Å²) in [6, 6.07) is 4.77. The highest BCUT2D eigenvalue weighted by Gasteiger charge is 2.08. The number of ether oxygens (including phenoxy) is 1. The second-order valence-electron chi connectivity index (χ2n) is 3.67. The number of rotatable bonds is 5. The van der Waals surface area contributed by atoms with Crippen molar-refractivity contribution in [2.24, 2.45) is 0 Å². The molecule has 0 atom stereocenters. The highest BCUT2D eigenvalue weighted by atomic mass is 35.5. The Morgan fingerprint density at radius 2 is 2.24 bits per heavy atom. The first-order chi connectivity index (χ1) is 8.08. The van der Waals surface area contributed by atoms with Gasteiger partial charge >= 0.3 is 0 Å². The topological polar surface area (TPSA) is 29.5 Å². The van der Waals surface area contributed by atoms with Crippen LogP contribution in [0.2, 0.25) is 0 Å². The van der Waals surface area contributed by atoms with E-state index in [9.17, 15) is 9.18 Å². The lowest BCUT2D eigenvalue weighted by Crippen LogP contribution is -2.29. The summed E-state index contributed by atoms with van der Waals surface area (Å²) in [5, 5.41) is 0. The van der Waals surface area contributed by atoms with Gasteiger partial charge in [0.1, 0.15) is 5.88 Å². The third kappa shape index (κ3) is 3.89. The number of halogens is 2. The molecule has 94 valence electrons. The number of alkyl halides is 1. The predicted octanol–water partition coefficient (Wildman–Crippen LogP) is 2.07. The molecule has 0 radical (unpaired) electrons. The van der Waals surface area contributed by atoms with E-state index in [1.54, 1.807) is 19.2 Å². The molecule has 0 aromatic heterocycles. The smallest absolute Gasteiger partial charge is 0.237 e. The van der Waals surface area contributed by atoms with Gasteiger partial charge in [-0.15, -0.1) is 11.6 Å². The van der Waals surface area contributed by atoms with E-state index in [1.807, 2.05) is 0 Å². The van der Waals surface area contributed by atoms with Crippen LogP contribution in [0.4, 0.5) is 4.39 Å². The van der Waals surface area contributed by atoms with Crippen LogP contribution in [0.3, 0.4) is 0 Å². The van der Waals surface area contributed by atoms with Crippen molar-refractivity contribution in [1.29, 1.82) is 0 Å². The van der Waals surface area contributed by atoms with Crippen molar-refractivity contribution in [1.82, 2.24) is 4.90 Å². The normalized spacial score (nSPS) is 10.1. The summed E-state index contributed by atoms with van der Waals surface area (Å²) in [5.41, 5.74) is 0.817. The number of nitrogens with zero attached hydrogens (tertiary/aromatic N) is 1. The van der Waals surface area contributed by atoms with Crippen LogP contribution in [0, 0.1) is 5.82 Å². The maximum absolute atomic E-state index is 13.4. The summed E-state index contributed by atoms with van der Waals surface area (Å²) in [6.45, 7) is 0.511. The molecule has 0 saturated carbocycles. The van der Waals surface area contributed by atoms with Crippen LogP contribution in [0.1, 0.15) is 5.56 Å². The van der Waals surface area contributed by atoms with E-state index < -0.39 is 5.82 Å². The zero-order valence-electron chi connectivity index (χ0n) is 9.87. The number of benzene rings is 1. The molecule has 0 saturated heterocycles. The summed E-state index contributed by atoms with van der Waals surface area (Å²) >= 11 is 5.43. The Kier molecular flexibility index (Phi) is 5.22. The molecular formula is C12H15ClFNO2. The Morgan fingerprint density at radius 3 is 2.76 bits per heavy atom. The van der Waals surface area contributed by atoms with Gasteiger partial charge in [-0.05, 0) is 24.1 Å². The molecule has 0 fully saturated rings. The summed E-state index contributed by atoms with van der Waals surface area (Å²) in [6.07, 6.45) is 0.583. The van der Waals surface area contributed by atoms with Crippen LogP contribution in [-0.4, -0.2) is 37.4 Å². The van der Waals surface area contributed by atoms with Gasteiger partial charge in [0.05, 0.1) is 7.11 Å². The number of carbonyl (C=O) groups is 1. The van der Waals surface area contributed by atoms with Gasteiger partial charge in [0.2, 0.25) is 5.91 Å². The Labute approximate surface area is 105 Å². The molecule has 1 aromatic rings. The second-order valence-corrected chi connectivity index (χ2v) is 3.94. The lowest BCUT2D eigenvalue weighted by molar-refractivity contribution is -0.127. The van der Waals surface area contributed by atoms with Gasteiger partial charge in [0.25, 0.3) is 0 Å². The van der Waals surface area contributed by atoms with Crippen LogP contribution < -0.4 is 4.74 Å². The van der Waals surface area contributed by atoms with Gasteiger partial charge in [-0.1, -0.05) is 6.07 Å². The summed E-state index contributed by atoms with van der Waals surface area (Å²) < 4.78 is 18.2. The standard InChI is InChI=1S/C12H15ClFNO2/c1-15(12(16)8-13)6-5-9-3-4-11(17-2)10(14)7-9/h3-4,7H,5-6,8H2,1-2H3. The van der Waals surface area contributed by atoms with Gasteiger partial charge in [0, 0.05) is 13.6 Å².